The first-order valence-corrected chi connectivity index (χ1v) is 28.5. The van der Waals surface area contributed by atoms with Crippen LogP contribution in [0.2, 0.25) is 20.1 Å². The summed E-state index contributed by atoms with van der Waals surface area (Å²) in [5, 5.41) is 4.54. The summed E-state index contributed by atoms with van der Waals surface area (Å²) in [5.41, 5.74) is 9.10. The van der Waals surface area contributed by atoms with Crippen LogP contribution in [0.3, 0.4) is 0 Å². The normalized spacial score (nSPS) is 16.5. The van der Waals surface area contributed by atoms with E-state index in [0.29, 0.717) is 11.5 Å². The molecule has 4 aliphatic rings. The molecule has 0 aromatic heterocycles. The zero-order chi connectivity index (χ0) is 43.7. The predicted octanol–water partition coefficient (Wildman–Crippen LogP) is 15.1. The Bertz CT molecular complexity index is 3160. The van der Waals surface area contributed by atoms with Crippen molar-refractivity contribution in [3.05, 3.63) is 158 Å². The number of benzene rings is 8. The van der Waals surface area contributed by atoms with Crippen molar-refractivity contribution >= 4 is 131 Å². The minimum absolute atomic E-state index is 0.0517. The van der Waals surface area contributed by atoms with E-state index in [0.717, 1.165) is 71.8 Å². The zero-order valence-electron chi connectivity index (χ0n) is 35.6. The number of halogens is 4. The molecule has 314 valence electrons. The molecular weight excluding hydrogens is 976 g/mol. The van der Waals surface area contributed by atoms with Crippen LogP contribution in [-0.4, -0.2) is 18.2 Å². The second kappa shape index (κ2) is 13.0. The number of rotatable bonds is 2. The third-order valence-corrected chi connectivity index (χ3v) is 28.7. The van der Waals surface area contributed by atoms with Crippen LogP contribution in [0.15, 0.2) is 121 Å². The Kier molecular flexibility index (Phi) is 8.19. The van der Waals surface area contributed by atoms with Crippen LogP contribution < -0.4 is 31.1 Å². The Morgan fingerprint density at radius 3 is 1.27 bits per heavy atom. The number of hydrogen-bond acceptors (Lipinski definition) is 5. The number of fused-ring (bicyclic) bond motifs is 5. The Morgan fingerprint density at radius 1 is 0.476 bits per heavy atom. The van der Waals surface area contributed by atoms with Gasteiger partial charge in [0, 0.05) is 0 Å². The molecule has 12 rings (SSSR count). The summed E-state index contributed by atoms with van der Waals surface area (Å²) in [6, 6.07) is 43.6. The molecule has 10 heteroatoms. The molecule has 4 aliphatic heterocycles. The van der Waals surface area contributed by atoms with Crippen LogP contribution in [0.1, 0.15) is 58.2 Å². The molecule has 63 heavy (non-hydrogen) atoms. The zero-order valence-corrected chi connectivity index (χ0v) is 41.2. The van der Waals surface area contributed by atoms with E-state index in [4.69, 9.17) is 57.2 Å². The van der Waals surface area contributed by atoms with E-state index < -0.39 is 18.2 Å². The van der Waals surface area contributed by atoms with Crippen molar-refractivity contribution in [3.8, 4) is 23.0 Å². The Labute approximate surface area is 388 Å². The standard InChI is InChI=1S/C47H41N2O.C6H2Cl4O2.Sb/c1-31-24-38-28-39(25-31)49(37-22-18-35(19-23-37)47(5,6)7)45-30-41(27-33-13-9-11-15-43(33)45)50-40-26-32-12-8-10-14-42(32)44(29-40)48(38)36-20-16-34(17-21-36)46(2,3)4;7-1-2(8)4(10)6(12)5(11)3(1)9;/h8-27H,1-7H3;11-12H;/q;;+2/p-2. The van der Waals surface area contributed by atoms with Gasteiger partial charge in [-0.15, -0.1) is 0 Å². The molecule has 0 atom stereocenters. The number of aryl methyl sites for hydroxylation is 1. The summed E-state index contributed by atoms with van der Waals surface area (Å²) in [6.45, 7) is 15.6. The quantitative estimate of drug-likeness (QED) is 0.0979. The monoisotopic (exact) mass is 1010 g/mol. The van der Waals surface area contributed by atoms with E-state index in [1.54, 1.807) is 0 Å². The van der Waals surface area contributed by atoms with Gasteiger partial charge in [-0.25, -0.2) is 0 Å². The van der Waals surface area contributed by atoms with Gasteiger partial charge in [0.2, 0.25) is 0 Å². The van der Waals surface area contributed by atoms with Crippen molar-refractivity contribution in [2.75, 3.05) is 9.80 Å². The van der Waals surface area contributed by atoms with Crippen molar-refractivity contribution in [2.24, 2.45) is 0 Å². The van der Waals surface area contributed by atoms with E-state index in [1.807, 2.05) is 0 Å². The molecule has 0 fully saturated rings. The maximum absolute atomic E-state index is 8.07. The fraction of sp³-hybridized carbons (Fsp3) is 0.170. The molecule has 0 saturated heterocycles. The van der Waals surface area contributed by atoms with Gasteiger partial charge in [-0.05, 0) is 0 Å². The Hall–Kier alpha value is -4.74. The van der Waals surface area contributed by atoms with Crippen molar-refractivity contribution < 1.29 is 10.8 Å². The number of hydrogen-bond donors (Lipinski definition) is 0. The van der Waals surface area contributed by atoms with Crippen LogP contribution in [0, 0.1) is 6.92 Å². The van der Waals surface area contributed by atoms with Gasteiger partial charge in [0.05, 0.1) is 0 Å². The maximum atomic E-state index is 8.07. The average molecular weight is 1020 g/mol. The fourth-order valence-electron chi connectivity index (χ4n) is 10.3. The third-order valence-electron chi connectivity index (χ3n) is 13.2. The molecule has 8 aromatic carbocycles. The topological polar surface area (TPSA) is 34.2 Å². The van der Waals surface area contributed by atoms with Crippen LogP contribution >= 0.6 is 46.4 Å². The number of nitrogens with zero attached hydrogens (tertiary/aromatic N) is 2. The molecule has 0 aliphatic carbocycles. The molecule has 0 unspecified atom stereocenters. The molecule has 4 heterocycles. The molecular formula is C53H41Cl4N2O3Sb. The third kappa shape index (κ3) is 5.09. The van der Waals surface area contributed by atoms with Gasteiger partial charge >= 0.3 is 392 Å². The molecule has 8 aromatic rings. The molecule has 0 bridgehead atoms. The summed E-state index contributed by atoms with van der Waals surface area (Å²) >= 11 is 22.2. The second-order valence-electron chi connectivity index (χ2n) is 19.2. The summed E-state index contributed by atoms with van der Waals surface area (Å²) in [6.07, 6.45) is 0. The Morgan fingerprint density at radius 2 is 0.873 bits per heavy atom. The predicted molar refractivity (Wildman–Crippen MR) is 265 cm³/mol. The first-order chi connectivity index (χ1) is 30.0. The number of anilines is 6. The van der Waals surface area contributed by atoms with Crippen LogP contribution in [0.5, 0.6) is 23.0 Å². The van der Waals surface area contributed by atoms with E-state index >= 15 is 0 Å². The van der Waals surface area contributed by atoms with Crippen LogP contribution in [0.4, 0.5) is 34.1 Å². The van der Waals surface area contributed by atoms with Gasteiger partial charge in [0.15, 0.2) is 0 Å². The number of ether oxygens (including phenoxy) is 1. The summed E-state index contributed by atoms with van der Waals surface area (Å²) in [5.74, 6) is 1.84. The average Bonchev–Trinajstić information content (AvgIpc) is 3.60. The molecule has 1 spiro atoms. The Balaban J connectivity index is 1.33. The summed E-state index contributed by atoms with van der Waals surface area (Å²) in [7, 11) is 0. The van der Waals surface area contributed by atoms with Gasteiger partial charge in [0.1, 0.15) is 0 Å². The van der Waals surface area contributed by atoms with Crippen molar-refractivity contribution in [3.63, 3.8) is 0 Å². The molecule has 0 saturated carbocycles. The van der Waals surface area contributed by atoms with Crippen molar-refractivity contribution in [1.82, 2.24) is 0 Å². The van der Waals surface area contributed by atoms with Gasteiger partial charge in [-0.1, -0.05) is 0 Å². The van der Waals surface area contributed by atoms with E-state index in [2.05, 4.69) is 180 Å². The first kappa shape index (κ1) is 39.8. The summed E-state index contributed by atoms with van der Waals surface area (Å²) in [4.78, 5) is 4.78. The van der Waals surface area contributed by atoms with Gasteiger partial charge < -0.3 is 0 Å². The fourth-order valence-corrected chi connectivity index (χ4v) is 27.8. The molecule has 0 N–H and O–H groups in total. The van der Waals surface area contributed by atoms with Gasteiger partial charge in [0.25, 0.3) is 0 Å². The summed E-state index contributed by atoms with van der Waals surface area (Å²) < 4.78 is 26.2. The van der Waals surface area contributed by atoms with E-state index in [-0.39, 0.29) is 42.4 Å². The van der Waals surface area contributed by atoms with E-state index in [1.165, 1.54) is 11.1 Å². The molecule has 0 radical (unpaired) electrons. The van der Waals surface area contributed by atoms with Crippen LogP contribution in [-0.2, 0) is 10.8 Å². The van der Waals surface area contributed by atoms with Crippen molar-refractivity contribution in [1.29, 1.82) is 0 Å². The van der Waals surface area contributed by atoms with Gasteiger partial charge in [-0.3, -0.25) is 0 Å². The first-order valence-electron chi connectivity index (χ1n) is 21.1. The SMILES string of the molecule is Cc1cc2[c]3c(c1)N(c1ccc(C(C)(C)C)cc1)c1[c]4c(cc5ccccc15)Oc1cc5ccccc5c([c]1[Sb]341[O]c3c(Cl)c(Cl)c(Cl)c(Cl)c3[O]1)N2c1ccc(C(C)(C)C)cc1. The molecule has 5 nitrogen and oxygen atoms in total. The van der Waals surface area contributed by atoms with Gasteiger partial charge in [-0.2, -0.15) is 0 Å². The molecule has 0 amide bonds. The van der Waals surface area contributed by atoms with E-state index in [9.17, 15) is 0 Å². The van der Waals surface area contributed by atoms with Crippen molar-refractivity contribution in [2.45, 2.75) is 59.3 Å². The minimum atomic E-state index is -6.27. The van der Waals surface area contributed by atoms with Crippen LogP contribution in [0.25, 0.3) is 21.5 Å². The second-order valence-corrected chi connectivity index (χ2v) is 31.0.